The fourth-order valence-electron chi connectivity index (χ4n) is 1.25. The second kappa shape index (κ2) is 6.55. The van der Waals surface area contributed by atoms with Crippen LogP contribution in [-0.2, 0) is 6.42 Å². The van der Waals surface area contributed by atoms with Gasteiger partial charge in [-0.05, 0) is 6.26 Å². The van der Waals surface area contributed by atoms with E-state index in [-0.39, 0.29) is 0 Å². The van der Waals surface area contributed by atoms with Gasteiger partial charge in [-0.25, -0.2) is 15.8 Å². The summed E-state index contributed by atoms with van der Waals surface area (Å²) in [5.41, 5.74) is 2.57. The molecular formula is C10H19N5S. The van der Waals surface area contributed by atoms with Crippen LogP contribution in [-0.4, -0.2) is 35.6 Å². The van der Waals surface area contributed by atoms with E-state index in [1.165, 1.54) is 0 Å². The number of aryl methyl sites for hydroxylation is 1. The Balaban J connectivity index is 2.85. The third-order valence-electron chi connectivity index (χ3n) is 2.24. The van der Waals surface area contributed by atoms with Crippen LogP contribution < -0.4 is 16.2 Å². The van der Waals surface area contributed by atoms with E-state index in [2.05, 4.69) is 26.5 Å². The van der Waals surface area contributed by atoms with Crippen molar-refractivity contribution < 1.29 is 0 Å². The Bertz CT molecular complexity index is 309. The lowest BCUT2D eigenvalue weighted by molar-refractivity contribution is 0.884. The topological polar surface area (TPSA) is 67.1 Å². The number of hydrogen-bond acceptors (Lipinski definition) is 6. The minimum atomic E-state index is 0.665. The van der Waals surface area contributed by atoms with Gasteiger partial charge >= 0.3 is 0 Å². The Kier molecular flexibility index (Phi) is 5.34. The zero-order chi connectivity index (χ0) is 12.0. The van der Waals surface area contributed by atoms with Crippen LogP contribution in [0.15, 0.2) is 6.07 Å². The minimum Gasteiger partial charge on any atom is -0.359 e. The molecule has 0 aliphatic rings. The second-order valence-corrected chi connectivity index (χ2v) is 4.43. The summed E-state index contributed by atoms with van der Waals surface area (Å²) >= 11 is 1.82. The van der Waals surface area contributed by atoms with Crippen molar-refractivity contribution in [3.8, 4) is 0 Å². The molecule has 90 valence electrons. The Hall–Kier alpha value is -1.01. The molecular weight excluding hydrogens is 222 g/mol. The number of hydrazine groups is 1. The molecule has 0 saturated heterocycles. The van der Waals surface area contributed by atoms with Crippen molar-refractivity contribution in [3.63, 3.8) is 0 Å². The number of aromatic nitrogens is 2. The molecule has 6 heteroatoms. The van der Waals surface area contributed by atoms with Crippen LogP contribution in [0.25, 0.3) is 0 Å². The van der Waals surface area contributed by atoms with E-state index in [0.29, 0.717) is 5.82 Å². The summed E-state index contributed by atoms with van der Waals surface area (Å²) in [5, 5.41) is 0. The highest BCUT2D eigenvalue weighted by Gasteiger charge is 2.06. The number of rotatable bonds is 6. The lowest BCUT2D eigenvalue weighted by Crippen LogP contribution is -2.22. The molecule has 0 aliphatic carbocycles. The van der Waals surface area contributed by atoms with E-state index in [0.717, 1.165) is 30.4 Å². The smallest absolute Gasteiger partial charge is 0.145 e. The summed E-state index contributed by atoms with van der Waals surface area (Å²) in [4.78, 5) is 10.8. The first-order chi connectivity index (χ1) is 7.71. The number of nitrogens with one attached hydrogen (secondary N) is 1. The average molecular weight is 241 g/mol. The summed E-state index contributed by atoms with van der Waals surface area (Å²) in [7, 11) is 2.03. The van der Waals surface area contributed by atoms with E-state index < -0.39 is 0 Å². The van der Waals surface area contributed by atoms with Crippen molar-refractivity contribution in [2.45, 2.75) is 13.3 Å². The maximum Gasteiger partial charge on any atom is 0.145 e. The molecule has 0 aliphatic heterocycles. The zero-order valence-electron chi connectivity index (χ0n) is 10.0. The third kappa shape index (κ3) is 3.53. The molecule has 1 aromatic rings. The molecule has 1 heterocycles. The predicted octanol–water partition coefficient (Wildman–Crippen LogP) is 1.12. The van der Waals surface area contributed by atoms with Crippen molar-refractivity contribution in [3.05, 3.63) is 11.9 Å². The summed E-state index contributed by atoms with van der Waals surface area (Å²) in [5.74, 6) is 8.84. The molecule has 0 fully saturated rings. The van der Waals surface area contributed by atoms with Crippen molar-refractivity contribution in [2.24, 2.45) is 5.84 Å². The number of thioether (sulfide) groups is 1. The van der Waals surface area contributed by atoms with Crippen molar-refractivity contribution in [1.82, 2.24) is 9.97 Å². The highest BCUT2D eigenvalue weighted by Crippen LogP contribution is 2.14. The van der Waals surface area contributed by atoms with Crippen LogP contribution >= 0.6 is 11.8 Å². The molecule has 0 radical (unpaired) electrons. The first kappa shape index (κ1) is 13.1. The van der Waals surface area contributed by atoms with E-state index in [1.54, 1.807) is 0 Å². The maximum absolute atomic E-state index is 5.38. The van der Waals surface area contributed by atoms with Crippen LogP contribution in [0.1, 0.15) is 12.7 Å². The van der Waals surface area contributed by atoms with Gasteiger partial charge in [-0.1, -0.05) is 6.92 Å². The summed E-state index contributed by atoms with van der Waals surface area (Å²) in [6.07, 6.45) is 2.90. The number of hydrogen-bond donors (Lipinski definition) is 2. The Morgan fingerprint density at radius 2 is 2.25 bits per heavy atom. The second-order valence-electron chi connectivity index (χ2n) is 3.44. The molecule has 0 unspecified atom stereocenters. The first-order valence-corrected chi connectivity index (χ1v) is 6.65. The third-order valence-corrected chi connectivity index (χ3v) is 2.84. The predicted molar refractivity (Wildman–Crippen MR) is 70.9 cm³/mol. The standard InChI is InChI=1S/C10H19N5S/c1-4-8-12-9(14-11)7-10(13-8)15(2)5-6-16-3/h7H,4-6,11H2,1-3H3,(H,12,13,14). The molecule has 0 atom stereocenters. The van der Waals surface area contributed by atoms with Crippen molar-refractivity contribution >= 4 is 23.4 Å². The van der Waals surface area contributed by atoms with Gasteiger partial charge in [0.2, 0.25) is 0 Å². The molecule has 1 aromatic heterocycles. The Labute approximate surface area is 101 Å². The average Bonchev–Trinajstić information content (AvgIpc) is 2.35. The molecule has 0 saturated carbocycles. The molecule has 0 bridgehead atoms. The van der Waals surface area contributed by atoms with Gasteiger partial charge in [0.1, 0.15) is 17.5 Å². The van der Waals surface area contributed by atoms with Crippen LogP contribution in [0, 0.1) is 0 Å². The van der Waals surface area contributed by atoms with Gasteiger partial charge in [0.25, 0.3) is 0 Å². The number of nitrogen functional groups attached to an aromatic ring is 1. The van der Waals surface area contributed by atoms with Gasteiger partial charge in [0.15, 0.2) is 0 Å². The number of nitrogens with zero attached hydrogens (tertiary/aromatic N) is 3. The first-order valence-electron chi connectivity index (χ1n) is 5.26. The quantitative estimate of drug-likeness (QED) is 0.575. The highest BCUT2D eigenvalue weighted by atomic mass is 32.2. The molecule has 3 N–H and O–H groups in total. The zero-order valence-corrected chi connectivity index (χ0v) is 10.8. The normalized spacial score (nSPS) is 10.2. The van der Waals surface area contributed by atoms with Crippen LogP contribution in [0.4, 0.5) is 11.6 Å². The van der Waals surface area contributed by atoms with E-state index >= 15 is 0 Å². The molecule has 16 heavy (non-hydrogen) atoms. The summed E-state index contributed by atoms with van der Waals surface area (Å²) in [6, 6.07) is 1.86. The van der Waals surface area contributed by atoms with Crippen LogP contribution in [0.2, 0.25) is 0 Å². The molecule has 1 rings (SSSR count). The molecule has 0 spiro atoms. The molecule has 0 aromatic carbocycles. The van der Waals surface area contributed by atoms with E-state index in [4.69, 9.17) is 5.84 Å². The molecule has 0 amide bonds. The summed E-state index contributed by atoms with van der Waals surface area (Å²) in [6.45, 7) is 2.99. The SMILES string of the molecule is CCc1nc(NN)cc(N(C)CCSC)n1. The van der Waals surface area contributed by atoms with Crippen molar-refractivity contribution in [2.75, 3.05) is 35.9 Å². The van der Waals surface area contributed by atoms with Gasteiger partial charge in [0, 0.05) is 31.8 Å². The number of anilines is 2. The monoisotopic (exact) mass is 241 g/mol. The van der Waals surface area contributed by atoms with Gasteiger partial charge in [-0.2, -0.15) is 11.8 Å². The van der Waals surface area contributed by atoms with E-state index in [1.807, 2.05) is 31.8 Å². The highest BCUT2D eigenvalue weighted by molar-refractivity contribution is 7.98. The fourth-order valence-corrected chi connectivity index (χ4v) is 1.71. The van der Waals surface area contributed by atoms with Gasteiger partial charge in [-0.3, -0.25) is 0 Å². The lowest BCUT2D eigenvalue weighted by Gasteiger charge is -2.18. The van der Waals surface area contributed by atoms with E-state index in [9.17, 15) is 0 Å². The Morgan fingerprint density at radius 1 is 1.50 bits per heavy atom. The van der Waals surface area contributed by atoms with Crippen LogP contribution in [0.5, 0.6) is 0 Å². The summed E-state index contributed by atoms with van der Waals surface area (Å²) < 4.78 is 0. The number of nitrogens with two attached hydrogens (primary N) is 1. The molecule has 5 nitrogen and oxygen atoms in total. The van der Waals surface area contributed by atoms with Crippen molar-refractivity contribution in [1.29, 1.82) is 0 Å². The largest absolute Gasteiger partial charge is 0.359 e. The fraction of sp³-hybridized carbons (Fsp3) is 0.600. The van der Waals surface area contributed by atoms with Crippen LogP contribution in [0.3, 0.4) is 0 Å². The minimum absolute atomic E-state index is 0.665. The van der Waals surface area contributed by atoms with Gasteiger partial charge < -0.3 is 10.3 Å². The van der Waals surface area contributed by atoms with Gasteiger partial charge in [0.05, 0.1) is 0 Å². The van der Waals surface area contributed by atoms with Gasteiger partial charge in [-0.15, -0.1) is 0 Å². The lowest BCUT2D eigenvalue weighted by atomic mass is 10.4. The Morgan fingerprint density at radius 3 is 2.81 bits per heavy atom. The maximum atomic E-state index is 5.38.